The Morgan fingerprint density at radius 1 is 1.41 bits per heavy atom. The average molecular weight is 255 g/mol. The van der Waals surface area contributed by atoms with E-state index in [9.17, 15) is 9.59 Å². The second-order valence-electron chi connectivity index (χ2n) is 3.97. The molecule has 17 heavy (non-hydrogen) atoms. The molecule has 1 aliphatic heterocycles. The number of carbonyl (C=O) groups is 2. The lowest BCUT2D eigenvalue weighted by Gasteiger charge is -2.39. The Kier molecular flexibility index (Phi) is 2.93. The molecule has 0 radical (unpaired) electrons. The number of nitrogens with two attached hydrogens (primary N) is 1. The van der Waals surface area contributed by atoms with E-state index in [0.717, 1.165) is 0 Å². The van der Waals surface area contributed by atoms with Crippen molar-refractivity contribution in [2.75, 3.05) is 18.0 Å². The molecule has 6 heteroatoms. The molecule has 2 rings (SSSR count). The normalized spacial score (nSPS) is 15.5. The molecule has 1 heterocycles. The van der Waals surface area contributed by atoms with Crippen LogP contribution < -0.4 is 10.6 Å². The van der Waals surface area contributed by atoms with Gasteiger partial charge in [-0.3, -0.25) is 9.59 Å². The third-order valence-electron chi connectivity index (χ3n) is 2.80. The largest absolute Gasteiger partial charge is 0.481 e. The summed E-state index contributed by atoms with van der Waals surface area (Å²) >= 11 is 5.79. The Balaban J connectivity index is 2.23. The van der Waals surface area contributed by atoms with Gasteiger partial charge in [0, 0.05) is 23.8 Å². The summed E-state index contributed by atoms with van der Waals surface area (Å²) in [6, 6.07) is 4.82. The second kappa shape index (κ2) is 4.25. The first-order chi connectivity index (χ1) is 7.99. The molecule has 5 nitrogen and oxygen atoms in total. The van der Waals surface area contributed by atoms with E-state index < -0.39 is 11.9 Å². The first kappa shape index (κ1) is 11.7. The Bertz CT molecular complexity index is 484. The van der Waals surface area contributed by atoms with E-state index >= 15 is 0 Å². The number of aliphatic carboxylic acids is 1. The molecule has 0 aromatic heterocycles. The average Bonchev–Trinajstić information content (AvgIpc) is 2.16. The lowest BCUT2D eigenvalue weighted by atomic mass is 9.98. The number of rotatable bonds is 3. The number of primary amides is 1. The number of carboxylic acid groups (broad SMARTS) is 1. The highest BCUT2D eigenvalue weighted by Gasteiger charge is 2.34. The van der Waals surface area contributed by atoms with Gasteiger partial charge in [0.05, 0.1) is 11.5 Å². The van der Waals surface area contributed by atoms with Crippen LogP contribution in [0.2, 0.25) is 5.02 Å². The van der Waals surface area contributed by atoms with Gasteiger partial charge in [0.25, 0.3) is 5.91 Å². The van der Waals surface area contributed by atoms with E-state index in [0.29, 0.717) is 29.4 Å². The van der Waals surface area contributed by atoms with Crippen molar-refractivity contribution < 1.29 is 14.7 Å². The van der Waals surface area contributed by atoms with Crippen molar-refractivity contribution in [1.82, 2.24) is 0 Å². The highest BCUT2D eigenvalue weighted by Crippen LogP contribution is 2.29. The molecule has 0 unspecified atom stereocenters. The fraction of sp³-hybridized carbons (Fsp3) is 0.273. The third kappa shape index (κ3) is 2.19. The minimum absolute atomic E-state index is 0.321. The van der Waals surface area contributed by atoms with Crippen LogP contribution in [0.15, 0.2) is 18.2 Å². The van der Waals surface area contributed by atoms with Crippen LogP contribution in [0.3, 0.4) is 0 Å². The Morgan fingerprint density at radius 2 is 2.06 bits per heavy atom. The van der Waals surface area contributed by atoms with E-state index in [1.54, 1.807) is 17.0 Å². The SMILES string of the molecule is NC(=O)c1cc(Cl)ccc1N1CC(C(=O)O)C1. The molecule has 1 aromatic rings. The fourth-order valence-electron chi connectivity index (χ4n) is 1.81. The van der Waals surface area contributed by atoms with Gasteiger partial charge < -0.3 is 15.7 Å². The van der Waals surface area contributed by atoms with Crippen LogP contribution in [0.4, 0.5) is 5.69 Å². The Morgan fingerprint density at radius 3 is 2.59 bits per heavy atom. The van der Waals surface area contributed by atoms with E-state index in [-0.39, 0.29) is 5.92 Å². The minimum Gasteiger partial charge on any atom is -0.481 e. The standard InChI is InChI=1S/C11H11ClN2O3/c12-7-1-2-9(8(3-7)10(13)15)14-4-6(5-14)11(16)17/h1-3,6H,4-5H2,(H2,13,15)(H,16,17). The topological polar surface area (TPSA) is 83.6 Å². The molecule has 0 atom stereocenters. The summed E-state index contributed by atoms with van der Waals surface area (Å²) in [4.78, 5) is 23.7. The van der Waals surface area contributed by atoms with Gasteiger partial charge >= 0.3 is 5.97 Å². The lowest BCUT2D eigenvalue weighted by Crippen LogP contribution is -2.51. The number of benzene rings is 1. The van der Waals surface area contributed by atoms with E-state index in [1.807, 2.05) is 0 Å². The summed E-state index contributed by atoms with van der Waals surface area (Å²) in [5.41, 5.74) is 6.21. The molecule has 1 fully saturated rings. The molecule has 1 amide bonds. The molecule has 0 saturated carbocycles. The number of anilines is 1. The quantitative estimate of drug-likeness (QED) is 0.842. The van der Waals surface area contributed by atoms with Crippen LogP contribution in [0.5, 0.6) is 0 Å². The molecule has 0 aliphatic carbocycles. The number of carbonyl (C=O) groups excluding carboxylic acids is 1. The summed E-state index contributed by atoms with van der Waals surface area (Å²) in [6.45, 7) is 0.772. The fourth-order valence-corrected chi connectivity index (χ4v) is 1.98. The Labute approximate surface area is 103 Å². The maximum Gasteiger partial charge on any atom is 0.310 e. The maximum atomic E-state index is 11.3. The predicted molar refractivity (Wildman–Crippen MR) is 63.3 cm³/mol. The van der Waals surface area contributed by atoms with Crippen molar-refractivity contribution in [3.63, 3.8) is 0 Å². The summed E-state index contributed by atoms with van der Waals surface area (Å²) in [5.74, 6) is -1.77. The van der Waals surface area contributed by atoms with E-state index in [4.69, 9.17) is 22.4 Å². The van der Waals surface area contributed by atoms with Crippen molar-refractivity contribution in [3.05, 3.63) is 28.8 Å². The number of hydrogen-bond donors (Lipinski definition) is 2. The van der Waals surface area contributed by atoms with Crippen molar-refractivity contribution in [2.45, 2.75) is 0 Å². The monoisotopic (exact) mass is 254 g/mol. The number of amides is 1. The molecule has 0 bridgehead atoms. The highest BCUT2D eigenvalue weighted by atomic mass is 35.5. The lowest BCUT2D eigenvalue weighted by molar-refractivity contribution is -0.142. The van der Waals surface area contributed by atoms with Gasteiger partial charge in [0.1, 0.15) is 0 Å². The summed E-state index contributed by atoms with van der Waals surface area (Å²) in [6.07, 6.45) is 0. The maximum absolute atomic E-state index is 11.3. The van der Waals surface area contributed by atoms with Crippen molar-refractivity contribution >= 4 is 29.2 Å². The third-order valence-corrected chi connectivity index (χ3v) is 3.03. The highest BCUT2D eigenvalue weighted by molar-refractivity contribution is 6.31. The van der Waals surface area contributed by atoms with Crippen molar-refractivity contribution in [1.29, 1.82) is 0 Å². The minimum atomic E-state index is -0.823. The summed E-state index contributed by atoms with van der Waals surface area (Å²) in [5, 5.41) is 9.21. The van der Waals surface area contributed by atoms with Crippen LogP contribution in [0.1, 0.15) is 10.4 Å². The molecular weight excluding hydrogens is 244 g/mol. The van der Waals surface area contributed by atoms with E-state index in [2.05, 4.69) is 0 Å². The zero-order chi connectivity index (χ0) is 12.6. The van der Waals surface area contributed by atoms with Crippen LogP contribution in [-0.4, -0.2) is 30.1 Å². The van der Waals surface area contributed by atoms with Gasteiger partial charge in [-0.15, -0.1) is 0 Å². The molecule has 1 saturated heterocycles. The van der Waals surface area contributed by atoms with Crippen molar-refractivity contribution in [2.24, 2.45) is 11.7 Å². The molecular formula is C11H11ClN2O3. The van der Waals surface area contributed by atoms with Gasteiger partial charge in [-0.2, -0.15) is 0 Å². The molecule has 90 valence electrons. The van der Waals surface area contributed by atoms with Crippen LogP contribution in [-0.2, 0) is 4.79 Å². The van der Waals surface area contributed by atoms with Crippen LogP contribution >= 0.6 is 11.6 Å². The molecule has 1 aromatic carbocycles. The predicted octanol–water partition coefficient (Wildman–Crippen LogP) is 0.960. The van der Waals surface area contributed by atoms with Gasteiger partial charge in [0.15, 0.2) is 0 Å². The Hall–Kier alpha value is -1.75. The zero-order valence-corrected chi connectivity index (χ0v) is 9.65. The van der Waals surface area contributed by atoms with Gasteiger partial charge in [-0.25, -0.2) is 0 Å². The number of halogens is 1. The summed E-state index contributed by atoms with van der Waals surface area (Å²) < 4.78 is 0. The van der Waals surface area contributed by atoms with E-state index in [1.165, 1.54) is 6.07 Å². The first-order valence-corrected chi connectivity index (χ1v) is 5.44. The smallest absolute Gasteiger partial charge is 0.310 e. The van der Waals surface area contributed by atoms with Gasteiger partial charge in [-0.1, -0.05) is 11.6 Å². The van der Waals surface area contributed by atoms with Gasteiger partial charge in [0.2, 0.25) is 0 Å². The number of hydrogen-bond acceptors (Lipinski definition) is 3. The first-order valence-electron chi connectivity index (χ1n) is 5.06. The molecule has 1 aliphatic rings. The van der Waals surface area contributed by atoms with Crippen LogP contribution in [0, 0.1) is 5.92 Å². The van der Waals surface area contributed by atoms with Gasteiger partial charge in [-0.05, 0) is 18.2 Å². The summed E-state index contributed by atoms with van der Waals surface area (Å²) in [7, 11) is 0. The number of nitrogens with zero attached hydrogens (tertiary/aromatic N) is 1. The number of carboxylic acids is 1. The van der Waals surface area contributed by atoms with Crippen molar-refractivity contribution in [3.8, 4) is 0 Å². The van der Waals surface area contributed by atoms with Crippen LogP contribution in [0.25, 0.3) is 0 Å². The molecule has 0 spiro atoms. The second-order valence-corrected chi connectivity index (χ2v) is 4.40. The zero-order valence-electron chi connectivity index (χ0n) is 8.89. The molecule has 3 N–H and O–H groups in total.